The van der Waals surface area contributed by atoms with E-state index in [0.29, 0.717) is 12.1 Å². The van der Waals surface area contributed by atoms with E-state index in [1.165, 1.54) is 11.3 Å². The highest BCUT2D eigenvalue weighted by atomic mass is 79.9. The molecule has 0 aromatic carbocycles. The predicted molar refractivity (Wildman–Crippen MR) is 69.9 cm³/mol. The Balaban J connectivity index is 2.08. The molecule has 16 heavy (non-hydrogen) atoms. The van der Waals surface area contributed by atoms with Crippen LogP contribution in [0.4, 0.5) is 0 Å². The van der Waals surface area contributed by atoms with Crippen molar-refractivity contribution in [2.24, 2.45) is 0 Å². The van der Waals surface area contributed by atoms with E-state index < -0.39 is 6.10 Å². The first kappa shape index (κ1) is 12.0. The molecule has 0 fully saturated rings. The molecule has 1 atom stereocenters. The summed E-state index contributed by atoms with van der Waals surface area (Å²) in [5.74, 6) is 0. The van der Waals surface area contributed by atoms with Crippen molar-refractivity contribution in [2.75, 3.05) is 0 Å². The standard InChI is InChI=1S/C11H9BrClNOS/c12-7-1-3-9(14-6-7)10(15)5-8-2-4-11(13)16-8/h1-4,6,10,15H,5H2. The number of aliphatic hydroxyl groups is 1. The summed E-state index contributed by atoms with van der Waals surface area (Å²) in [6, 6.07) is 7.44. The van der Waals surface area contributed by atoms with Crippen LogP contribution in [0.15, 0.2) is 34.9 Å². The highest BCUT2D eigenvalue weighted by Gasteiger charge is 2.11. The Kier molecular flexibility index (Phi) is 3.97. The van der Waals surface area contributed by atoms with Gasteiger partial charge in [-0.05, 0) is 40.2 Å². The minimum Gasteiger partial charge on any atom is -0.386 e. The zero-order valence-electron chi connectivity index (χ0n) is 8.23. The molecule has 1 unspecified atom stereocenters. The maximum atomic E-state index is 9.96. The van der Waals surface area contributed by atoms with E-state index in [9.17, 15) is 5.11 Å². The van der Waals surface area contributed by atoms with Crippen LogP contribution in [0.25, 0.3) is 0 Å². The molecule has 1 N–H and O–H groups in total. The number of aliphatic hydroxyl groups excluding tert-OH is 1. The molecule has 0 aliphatic rings. The molecule has 2 heterocycles. The summed E-state index contributed by atoms with van der Waals surface area (Å²) in [5, 5.41) is 9.96. The Morgan fingerprint density at radius 2 is 2.19 bits per heavy atom. The topological polar surface area (TPSA) is 33.1 Å². The van der Waals surface area contributed by atoms with Crippen LogP contribution in [0.3, 0.4) is 0 Å². The van der Waals surface area contributed by atoms with Gasteiger partial charge in [-0.1, -0.05) is 11.6 Å². The average Bonchev–Trinajstić information content (AvgIpc) is 2.65. The number of rotatable bonds is 3. The van der Waals surface area contributed by atoms with Crippen molar-refractivity contribution in [1.29, 1.82) is 0 Å². The Morgan fingerprint density at radius 3 is 2.75 bits per heavy atom. The Bertz CT molecular complexity index is 471. The fourth-order valence-electron chi connectivity index (χ4n) is 1.34. The van der Waals surface area contributed by atoms with Gasteiger partial charge in [0.1, 0.15) is 6.10 Å². The fourth-order valence-corrected chi connectivity index (χ4v) is 2.70. The van der Waals surface area contributed by atoms with E-state index in [2.05, 4.69) is 20.9 Å². The van der Waals surface area contributed by atoms with E-state index in [0.717, 1.165) is 13.7 Å². The number of hydrogen-bond donors (Lipinski definition) is 1. The second kappa shape index (κ2) is 5.27. The Morgan fingerprint density at radius 1 is 1.38 bits per heavy atom. The number of aromatic nitrogens is 1. The molecule has 0 saturated heterocycles. The van der Waals surface area contributed by atoms with Gasteiger partial charge in [0.25, 0.3) is 0 Å². The van der Waals surface area contributed by atoms with E-state index in [1.54, 1.807) is 6.20 Å². The molecule has 0 bridgehead atoms. The summed E-state index contributed by atoms with van der Waals surface area (Å²) in [6.07, 6.45) is 1.65. The monoisotopic (exact) mass is 317 g/mol. The first-order valence-electron chi connectivity index (χ1n) is 4.69. The summed E-state index contributed by atoms with van der Waals surface area (Å²) in [7, 11) is 0. The number of pyridine rings is 1. The molecule has 2 aromatic rings. The van der Waals surface area contributed by atoms with Gasteiger partial charge < -0.3 is 5.11 Å². The lowest BCUT2D eigenvalue weighted by Gasteiger charge is -2.08. The van der Waals surface area contributed by atoms with Crippen LogP contribution in [0.1, 0.15) is 16.7 Å². The lowest BCUT2D eigenvalue weighted by atomic mass is 10.1. The molecular formula is C11H9BrClNOS. The largest absolute Gasteiger partial charge is 0.386 e. The number of nitrogens with zero attached hydrogens (tertiary/aromatic N) is 1. The molecule has 2 aromatic heterocycles. The minimum absolute atomic E-state index is 0.548. The van der Waals surface area contributed by atoms with Gasteiger partial charge in [0.2, 0.25) is 0 Å². The summed E-state index contributed by atoms with van der Waals surface area (Å²) in [6.45, 7) is 0. The van der Waals surface area contributed by atoms with Crippen molar-refractivity contribution in [1.82, 2.24) is 4.98 Å². The third-order valence-corrected chi connectivity index (χ3v) is 3.84. The highest BCUT2D eigenvalue weighted by Crippen LogP contribution is 2.26. The zero-order valence-corrected chi connectivity index (χ0v) is 11.4. The van der Waals surface area contributed by atoms with E-state index in [-0.39, 0.29) is 0 Å². The van der Waals surface area contributed by atoms with Crippen molar-refractivity contribution in [2.45, 2.75) is 12.5 Å². The van der Waals surface area contributed by atoms with Crippen LogP contribution in [0, 0.1) is 0 Å². The molecule has 5 heteroatoms. The normalized spacial score (nSPS) is 12.7. The first-order valence-corrected chi connectivity index (χ1v) is 6.67. The van der Waals surface area contributed by atoms with Gasteiger partial charge in [0.15, 0.2) is 0 Å². The van der Waals surface area contributed by atoms with Gasteiger partial charge >= 0.3 is 0 Å². The lowest BCUT2D eigenvalue weighted by molar-refractivity contribution is 0.174. The summed E-state index contributed by atoms with van der Waals surface area (Å²) < 4.78 is 1.65. The third-order valence-electron chi connectivity index (χ3n) is 2.12. The van der Waals surface area contributed by atoms with Gasteiger partial charge in [-0.3, -0.25) is 4.98 Å². The number of hydrogen-bond acceptors (Lipinski definition) is 3. The Hall–Kier alpha value is -0.420. The fraction of sp³-hybridized carbons (Fsp3) is 0.182. The first-order chi connectivity index (χ1) is 7.65. The molecule has 2 rings (SSSR count). The minimum atomic E-state index is -0.581. The predicted octanol–water partition coefficient (Wildman–Crippen LogP) is 3.84. The summed E-state index contributed by atoms with van der Waals surface area (Å²) in [5.41, 5.74) is 0.674. The van der Waals surface area contributed by atoms with Gasteiger partial charge in [-0.2, -0.15) is 0 Å². The second-order valence-corrected chi connectivity index (χ2v) is 6.04. The molecule has 2 nitrogen and oxygen atoms in total. The molecule has 0 saturated carbocycles. The van der Waals surface area contributed by atoms with E-state index in [1.807, 2.05) is 24.3 Å². The quantitative estimate of drug-likeness (QED) is 0.933. The van der Waals surface area contributed by atoms with Crippen LogP contribution in [0.2, 0.25) is 4.34 Å². The maximum Gasteiger partial charge on any atom is 0.101 e. The van der Waals surface area contributed by atoms with Gasteiger partial charge in [-0.25, -0.2) is 0 Å². The van der Waals surface area contributed by atoms with Crippen molar-refractivity contribution in [3.8, 4) is 0 Å². The molecule has 0 radical (unpaired) electrons. The molecule has 0 amide bonds. The smallest absolute Gasteiger partial charge is 0.101 e. The van der Waals surface area contributed by atoms with Crippen molar-refractivity contribution >= 4 is 38.9 Å². The van der Waals surface area contributed by atoms with Gasteiger partial charge in [-0.15, -0.1) is 11.3 Å². The molecule has 84 valence electrons. The zero-order chi connectivity index (χ0) is 11.5. The number of halogens is 2. The van der Waals surface area contributed by atoms with E-state index >= 15 is 0 Å². The molecule has 0 spiro atoms. The van der Waals surface area contributed by atoms with Crippen LogP contribution >= 0.6 is 38.9 Å². The van der Waals surface area contributed by atoms with Crippen LogP contribution in [-0.4, -0.2) is 10.1 Å². The van der Waals surface area contributed by atoms with Gasteiger partial charge in [0, 0.05) is 22.0 Å². The number of thiophene rings is 1. The lowest BCUT2D eigenvalue weighted by Crippen LogP contribution is -2.02. The van der Waals surface area contributed by atoms with Crippen LogP contribution < -0.4 is 0 Å². The van der Waals surface area contributed by atoms with Crippen molar-refractivity contribution in [3.63, 3.8) is 0 Å². The van der Waals surface area contributed by atoms with Crippen LogP contribution in [-0.2, 0) is 6.42 Å². The molecule has 0 aliphatic heterocycles. The van der Waals surface area contributed by atoms with E-state index in [4.69, 9.17) is 11.6 Å². The highest BCUT2D eigenvalue weighted by molar-refractivity contribution is 9.10. The SMILES string of the molecule is OC(Cc1ccc(Cl)s1)c1ccc(Br)cn1. The van der Waals surface area contributed by atoms with Crippen molar-refractivity contribution < 1.29 is 5.11 Å². The molecular weight excluding hydrogens is 310 g/mol. The Labute approximate surface area is 111 Å². The maximum absolute atomic E-state index is 9.96. The van der Waals surface area contributed by atoms with Crippen LogP contribution in [0.5, 0.6) is 0 Å². The van der Waals surface area contributed by atoms with Crippen molar-refractivity contribution in [3.05, 3.63) is 49.8 Å². The third kappa shape index (κ3) is 3.04. The van der Waals surface area contributed by atoms with Gasteiger partial charge in [0.05, 0.1) is 10.0 Å². The summed E-state index contributed by atoms with van der Waals surface area (Å²) in [4.78, 5) is 5.21. The average molecular weight is 319 g/mol. The summed E-state index contributed by atoms with van der Waals surface area (Å²) >= 11 is 10.6. The molecule has 0 aliphatic carbocycles. The second-order valence-electron chi connectivity index (χ2n) is 3.33.